The lowest BCUT2D eigenvalue weighted by Gasteiger charge is -2.29. The summed E-state index contributed by atoms with van der Waals surface area (Å²) >= 11 is 2.48. The van der Waals surface area contributed by atoms with Gasteiger partial charge in [0, 0.05) is 33.3 Å². The summed E-state index contributed by atoms with van der Waals surface area (Å²) in [7, 11) is 1.75. The number of hydrogen-bond acceptors (Lipinski definition) is 6. The van der Waals surface area contributed by atoms with Gasteiger partial charge in [0.05, 0.1) is 18.1 Å². The number of halogens is 3. The number of aliphatic carboxylic acids is 1. The number of aryl methyl sites for hydroxylation is 3. The Labute approximate surface area is 248 Å². The molecule has 3 rings (SSSR count). The second-order valence-corrected chi connectivity index (χ2v) is 13.4. The van der Waals surface area contributed by atoms with E-state index in [-0.39, 0.29) is 18.5 Å². The number of β-amino-alcohol motifs (C(OH)–C–C–N with tert-alkyl or cyclic N) is 1. The Morgan fingerprint density at radius 2 is 1.80 bits per heavy atom. The number of carboxylic acids is 1. The van der Waals surface area contributed by atoms with E-state index in [0.717, 1.165) is 53.8 Å². The second kappa shape index (κ2) is 14.7. The third kappa shape index (κ3) is 11.1. The van der Waals surface area contributed by atoms with E-state index in [9.17, 15) is 23.1 Å². The highest BCUT2D eigenvalue weighted by atomic mass is 32.2. The number of carbonyl (C=O) groups is 1. The van der Waals surface area contributed by atoms with E-state index in [1.807, 2.05) is 31.2 Å². The molecule has 0 amide bonds. The first kappa shape index (κ1) is 33.1. The van der Waals surface area contributed by atoms with Gasteiger partial charge in [0.15, 0.2) is 0 Å². The Kier molecular flexibility index (Phi) is 11.9. The van der Waals surface area contributed by atoms with Gasteiger partial charge in [0.1, 0.15) is 0 Å². The van der Waals surface area contributed by atoms with Crippen LogP contribution in [-0.2, 0) is 23.8 Å². The molecular weight excluding hydrogens is 569 g/mol. The Morgan fingerprint density at radius 1 is 1.10 bits per heavy atom. The average molecular weight is 609 g/mol. The minimum Gasteiger partial charge on any atom is -0.481 e. The van der Waals surface area contributed by atoms with E-state index in [4.69, 9.17) is 5.11 Å². The molecule has 0 bridgehead atoms. The van der Waals surface area contributed by atoms with Crippen LogP contribution in [0.25, 0.3) is 10.4 Å². The van der Waals surface area contributed by atoms with Crippen molar-refractivity contribution in [2.24, 2.45) is 0 Å². The monoisotopic (exact) mass is 608 g/mol. The van der Waals surface area contributed by atoms with Crippen molar-refractivity contribution < 1.29 is 28.2 Å². The normalized spacial score (nSPS) is 13.1. The number of likely N-dealkylation sites (N-methyl/N-ethyl adjacent to an activating group) is 1. The molecule has 0 aliphatic heterocycles. The van der Waals surface area contributed by atoms with Crippen molar-refractivity contribution in [3.8, 4) is 10.4 Å². The largest absolute Gasteiger partial charge is 0.481 e. The van der Waals surface area contributed by atoms with Crippen molar-refractivity contribution >= 4 is 29.3 Å². The average Bonchev–Trinajstić information content (AvgIpc) is 3.26. The number of nitrogens with one attached hydrogen (secondary N) is 1. The van der Waals surface area contributed by atoms with Gasteiger partial charge < -0.3 is 15.5 Å². The molecule has 3 aromatic rings. The fourth-order valence-corrected chi connectivity index (χ4v) is 6.70. The zero-order valence-corrected chi connectivity index (χ0v) is 25.6. The van der Waals surface area contributed by atoms with Crippen LogP contribution >= 0.6 is 23.3 Å². The van der Waals surface area contributed by atoms with E-state index in [1.54, 1.807) is 17.4 Å². The summed E-state index contributed by atoms with van der Waals surface area (Å²) in [6.45, 7) is 6.66. The predicted octanol–water partition coefficient (Wildman–Crippen LogP) is 7.45. The van der Waals surface area contributed by atoms with Gasteiger partial charge in [-0.05, 0) is 106 Å². The smallest absolute Gasteiger partial charge is 0.416 e. The van der Waals surface area contributed by atoms with E-state index >= 15 is 0 Å². The summed E-state index contributed by atoms with van der Waals surface area (Å²) < 4.78 is 43.1. The Balaban J connectivity index is 1.61. The number of nitrogens with zero attached hydrogens (tertiary/aromatic N) is 1. The van der Waals surface area contributed by atoms with Gasteiger partial charge in [0.2, 0.25) is 0 Å². The van der Waals surface area contributed by atoms with Gasteiger partial charge in [0.25, 0.3) is 0 Å². The van der Waals surface area contributed by atoms with E-state index in [2.05, 4.69) is 31.3 Å². The molecule has 5 nitrogen and oxygen atoms in total. The zero-order chi connectivity index (χ0) is 30.2. The van der Waals surface area contributed by atoms with Crippen molar-refractivity contribution in [1.82, 2.24) is 9.62 Å². The van der Waals surface area contributed by atoms with Crippen LogP contribution in [0.1, 0.15) is 54.7 Å². The molecule has 0 radical (unpaired) electrons. The summed E-state index contributed by atoms with van der Waals surface area (Å²) in [5.74, 6) is -0.914. The first-order valence-electron chi connectivity index (χ1n) is 13.6. The molecule has 0 fully saturated rings. The third-order valence-corrected chi connectivity index (χ3v) is 8.96. The van der Waals surface area contributed by atoms with E-state index < -0.39 is 23.8 Å². The Hall–Kier alpha value is -2.37. The maximum absolute atomic E-state index is 13.8. The van der Waals surface area contributed by atoms with Crippen LogP contribution in [0.3, 0.4) is 0 Å². The summed E-state index contributed by atoms with van der Waals surface area (Å²) in [4.78, 5) is 12.9. The molecule has 0 unspecified atom stereocenters. The molecule has 0 aliphatic carbocycles. The van der Waals surface area contributed by atoms with Crippen LogP contribution in [0.4, 0.5) is 13.2 Å². The molecule has 41 heavy (non-hydrogen) atoms. The first-order valence-corrected chi connectivity index (χ1v) is 15.2. The standard InChI is InChI=1S/C31H39F3N2O3S2/c1-21-15-26(12-13-28(38)39)40-29(21)23-16-24(31(32,33)34)18-27(17-23)41-36(4)20-25(37)19-35-30(2,3)14-8-11-22-9-6-5-7-10-22/h5-7,9-10,15-18,25,35,37H,8,11-14,19-20H2,1-4H3,(H,38,39)/t25-/m1/s1. The van der Waals surface area contributed by atoms with Gasteiger partial charge in [-0.1, -0.05) is 30.3 Å². The molecule has 0 spiro atoms. The van der Waals surface area contributed by atoms with Gasteiger partial charge >= 0.3 is 12.1 Å². The number of benzene rings is 2. The van der Waals surface area contributed by atoms with E-state index in [1.165, 1.54) is 16.9 Å². The molecule has 1 heterocycles. The molecule has 1 aromatic heterocycles. The lowest BCUT2D eigenvalue weighted by molar-refractivity contribution is -0.138. The molecule has 2 aromatic carbocycles. The number of hydrogen-bond donors (Lipinski definition) is 3. The van der Waals surface area contributed by atoms with Crippen molar-refractivity contribution in [2.75, 3.05) is 20.1 Å². The predicted molar refractivity (Wildman–Crippen MR) is 161 cm³/mol. The number of thiophene rings is 1. The SMILES string of the molecule is Cc1cc(CCC(=O)O)sc1-c1cc(SN(C)C[C@H](O)CNC(C)(C)CCCc2ccccc2)cc(C(F)(F)F)c1. The van der Waals surface area contributed by atoms with Gasteiger partial charge in [-0.3, -0.25) is 4.79 Å². The highest BCUT2D eigenvalue weighted by molar-refractivity contribution is 7.97. The molecule has 224 valence electrons. The topological polar surface area (TPSA) is 72.8 Å². The first-order chi connectivity index (χ1) is 19.2. The molecular formula is C31H39F3N2O3S2. The maximum Gasteiger partial charge on any atom is 0.416 e. The lowest BCUT2D eigenvalue weighted by atomic mass is 9.95. The van der Waals surface area contributed by atoms with Crippen molar-refractivity contribution in [2.45, 2.75) is 75.6 Å². The number of aliphatic hydroxyl groups excluding tert-OH is 1. The summed E-state index contributed by atoms with van der Waals surface area (Å²) in [6, 6.07) is 16.1. The summed E-state index contributed by atoms with van der Waals surface area (Å²) in [5, 5.41) is 23.1. The number of carboxylic acid groups (broad SMARTS) is 1. The lowest BCUT2D eigenvalue weighted by Crippen LogP contribution is -2.45. The zero-order valence-electron chi connectivity index (χ0n) is 23.9. The Bertz CT molecular complexity index is 1280. The van der Waals surface area contributed by atoms with Crippen LogP contribution in [0, 0.1) is 6.92 Å². The molecule has 0 aliphatic rings. The maximum atomic E-state index is 13.8. The minimum absolute atomic E-state index is 0.0318. The third-order valence-electron chi connectivity index (χ3n) is 6.71. The highest BCUT2D eigenvalue weighted by Crippen LogP contribution is 2.40. The van der Waals surface area contributed by atoms with Gasteiger partial charge in [-0.25, -0.2) is 4.31 Å². The van der Waals surface area contributed by atoms with Crippen LogP contribution in [-0.4, -0.2) is 52.3 Å². The fourth-order valence-electron chi connectivity index (χ4n) is 4.57. The van der Waals surface area contributed by atoms with Crippen LogP contribution in [0.15, 0.2) is 59.5 Å². The molecule has 10 heteroatoms. The number of alkyl halides is 3. The number of aliphatic hydroxyl groups is 1. The van der Waals surface area contributed by atoms with Crippen LogP contribution in [0.2, 0.25) is 0 Å². The quantitative estimate of drug-likeness (QED) is 0.156. The summed E-state index contributed by atoms with van der Waals surface area (Å²) in [6.07, 6.45) is -1.98. The molecule has 1 atom stereocenters. The Morgan fingerprint density at radius 3 is 2.46 bits per heavy atom. The van der Waals surface area contributed by atoms with Crippen LogP contribution < -0.4 is 5.32 Å². The van der Waals surface area contributed by atoms with Crippen LogP contribution in [0.5, 0.6) is 0 Å². The molecule has 0 saturated heterocycles. The van der Waals surface area contributed by atoms with Crippen molar-refractivity contribution in [3.63, 3.8) is 0 Å². The van der Waals surface area contributed by atoms with E-state index in [0.29, 0.717) is 28.3 Å². The number of rotatable bonds is 15. The highest BCUT2D eigenvalue weighted by Gasteiger charge is 2.32. The second-order valence-electron chi connectivity index (χ2n) is 11.0. The summed E-state index contributed by atoms with van der Waals surface area (Å²) in [5.41, 5.74) is 1.64. The minimum atomic E-state index is -4.52. The molecule has 3 N–H and O–H groups in total. The fraction of sp³-hybridized carbons (Fsp3) is 0.452. The van der Waals surface area contributed by atoms with Crippen molar-refractivity contribution in [3.05, 3.63) is 76.2 Å². The van der Waals surface area contributed by atoms with Crippen molar-refractivity contribution in [1.29, 1.82) is 0 Å². The van der Waals surface area contributed by atoms with Gasteiger partial charge in [-0.2, -0.15) is 13.2 Å². The molecule has 0 saturated carbocycles. The van der Waals surface area contributed by atoms with Gasteiger partial charge in [-0.15, -0.1) is 11.3 Å².